The molecular formula is C10H15N3. The van der Waals surface area contributed by atoms with Gasteiger partial charge in [-0.05, 0) is 19.1 Å². The molecule has 0 bridgehead atoms. The Morgan fingerprint density at radius 1 is 1.08 bits per heavy atom. The number of nitrogens with zero attached hydrogens (tertiary/aromatic N) is 1. The third-order valence-corrected chi connectivity index (χ3v) is 2.25. The van der Waals surface area contributed by atoms with Gasteiger partial charge < -0.3 is 4.90 Å². The van der Waals surface area contributed by atoms with E-state index >= 15 is 0 Å². The van der Waals surface area contributed by atoms with Crippen LogP contribution in [0.15, 0.2) is 24.3 Å². The molecule has 1 saturated heterocycles. The SMILES string of the molecule is Cc1ccc(N2CNCNC2)cc1. The van der Waals surface area contributed by atoms with E-state index in [0.29, 0.717) is 0 Å². The van der Waals surface area contributed by atoms with Gasteiger partial charge in [-0.25, -0.2) is 0 Å². The molecule has 1 aliphatic heterocycles. The molecular weight excluding hydrogens is 162 g/mol. The first-order valence-corrected chi connectivity index (χ1v) is 4.59. The Balaban J connectivity index is 2.10. The van der Waals surface area contributed by atoms with Crippen LogP contribution >= 0.6 is 0 Å². The van der Waals surface area contributed by atoms with Crippen molar-refractivity contribution in [2.75, 3.05) is 24.9 Å². The normalized spacial score (nSPS) is 17.5. The molecule has 0 radical (unpaired) electrons. The topological polar surface area (TPSA) is 27.3 Å². The second-order valence-corrected chi connectivity index (χ2v) is 3.37. The van der Waals surface area contributed by atoms with Gasteiger partial charge in [0, 0.05) is 12.4 Å². The van der Waals surface area contributed by atoms with Crippen LogP contribution in [-0.4, -0.2) is 20.0 Å². The summed E-state index contributed by atoms with van der Waals surface area (Å²) in [5.41, 5.74) is 2.58. The van der Waals surface area contributed by atoms with Crippen LogP contribution < -0.4 is 15.5 Å². The molecule has 3 heteroatoms. The molecule has 70 valence electrons. The average molecular weight is 177 g/mol. The smallest absolute Gasteiger partial charge is 0.0704 e. The molecule has 1 aliphatic rings. The average Bonchev–Trinajstić information content (AvgIpc) is 2.20. The highest BCUT2D eigenvalue weighted by Gasteiger charge is 2.08. The van der Waals surface area contributed by atoms with E-state index in [4.69, 9.17) is 0 Å². The molecule has 0 amide bonds. The lowest BCUT2D eigenvalue weighted by Crippen LogP contribution is -2.50. The van der Waals surface area contributed by atoms with E-state index in [0.717, 1.165) is 20.0 Å². The standard InChI is InChI=1S/C10H15N3/c1-9-2-4-10(5-3-9)13-7-11-6-12-8-13/h2-5,11-12H,6-8H2,1H3. The maximum Gasteiger partial charge on any atom is 0.0704 e. The quantitative estimate of drug-likeness (QED) is 0.666. The lowest BCUT2D eigenvalue weighted by molar-refractivity contribution is 0.494. The summed E-state index contributed by atoms with van der Waals surface area (Å²) in [6.07, 6.45) is 0. The van der Waals surface area contributed by atoms with Crippen LogP contribution in [0.3, 0.4) is 0 Å². The van der Waals surface area contributed by atoms with E-state index in [1.807, 2.05) is 0 Å². The van der Waals surface area contributed by atoms with Crippen LogP contribution in [0.25, 0.3) is 0 Å². The molecule has 1 aromatic rings. The Morgan fingerprint density at radius 2 is 1.69 bits per heavy atom. The molecule has 2 rings (SSSR count). The van der Waals surface area contributed by atoms with Crippen molar-refractivity contribution in [3.05, 3.63) is 29.8 Å². The molecule has 0 aliphatic carbocycles. The fourth-order valence-electron chi connectivity index (χ4n) is 1.46. The van der Waals surface area contributed by atoms with Crippen molar-refractivity contribution < 1.29 is 0 Å². The molecule has 0 unspecified atom stereocenters. The van der Waals surface area contributed by atoms with Crippen LogP contribution in [0.1, 0.15) is 5.56 Å². The van der Waals surface area contributed by atoms with Gasteiger partial charge in [-0.3, -0.25) is 10.6 Å². The summed E-state index contributed by atoms with van der Waals surface area (Å²) in [4.78, 5) is 2.27. The van der Waals surface area contributed by atoms with Crippen LogP contribution in [-0.2, 0) is 0 Å². The van der Waals surface area contributed by atoms with Gasteiger partial charge in [0.1, 0.15) is 0 Å². The largest absolute Gasteiger partial charge is 0.346 e. The van der Waals surface area contributed by atoms with E-state index in [1.165, 1.54) is 11.3 Å². The van der Waals surface area contributed by atoms with E-state index in [-0.39, 0.29) is 0 Å². The summed E-state index contributed by atoms with van der Waals surface area (Å²) in [5, 5.41) is 6.53. The van der Waals surface area contributed by atoms with Gasteiger partial charge in [0.05, 0.1) is 13.3 Å². The highest BCUT2D eigenvalue weighted by atomic mass is 15.4. The van der Waals surface area contributed by atoms with Gasteiger partial charge in [0.2, 0.25) is 0 Å². The Kier molecular flexibility index (Phi) is 2.47. The molecule has 13 heavy (non-hydrogen) atoms. The number of hydrogen-bond donors (Lipinski definition) is 2. The molecule has 0 spiro atoms. The number of rotatable bonds is 1. The zero-order chi connectivity index (χ0) is 9.10. The third-order valence-electron chi connectivity index (χ3n) is 2.25. The van der Waals surface area contributed by atoms with Gasteiger partial charge in [-0.1, -0.05) is 17.7 Å². The first-order valence-electron chi connectivity index (χ1n) is 4.59. The van der Waals surface area contributed by atoms with Crippen LogP contribution in [0, 0.1) is 6.92 Å². The summed E-state index contributed by atoms with van der Waals surface area (Å²) in [5.74, 6) is 0. The van der Waals surface area contributed by atoms with Crippen molar-refractivity contribution in [3.63, 3.8) is 0 Å². The summed E-state index contributed by atoms with van der Waals surface area (Å²) in [6, 6.07) is 8.60. The first kappa shape index (κ1) is 8.53. The maximum atomic E-state index is 3.26. The van der Waals surface area contributed by atoms with Crippen LogP contribution in [0.2, 0.25) is 0 Å². The van der Waals surface area contributed by atoms with E-state index in [2.05, 4.69) is 46.7 Å². The second-order valence-electron chi connectivity index (χ2n) is 3.37. The Labute approximate surface area is 78.7 Å². The number of anilines is 1. The van der Waals surface area contributed by atoms with Crippen molar-refractivity contribution in [2.45, 2.75) is 6.92 Å². The van der Waals surface area contributed by atoms with Crippen molar-refractivity contribution in [2.24, 2.45) is 0 Å². The minimum Gasteiger partial charge on any atom is -0.346 e. The molecule has 0 aromatic heterocycles. The van der Waals surface area contributed by atoms with Crippen molar-refractivity contribution in [3.8, 4) is 0 Å². The predicted octanol–water partition coefficient (Wildman–Crippen LogP) is 0.867. The zero-order valence-electron chi connectivity index (χ0n) is 7.88. The van der Waals surface area contributed by atoms with E-state index in [1.54, 1.807) is 0 Å². The van der Waals surface area contributed by atoms with Crippen molar-refractivity contribution in [1.29, 1.82) is 0 Å². The molecule has 1 heterocycles. The molecule has 1 aromatic carbocycles. The van der Waals surface area contributed by atoms with Gasteiger partial charge in [0.25, 0.3) is 0 Å². The minimum atomic E-state index is 0.905. The molecule has 0 atom stereocenters. The van der Waals surface area contributed by atoms with Crippen LogP contribution in [0.5, 0.6) is 0 Å². The fourth-order valence-corrected chi connectivity index (χ4v) is 1.46. The number of hydrogen-bond acceptors (Lipinski definition) is 3. The van der Waals surface area contributed by atoms with E-state index in [9.17, 15) is 0 Å². The van der Waals surface area contributed by atoms with Gasteiger partial charge >= 0.3 is 0 Å². The summed E-state index contributed by atoms with van der Waals surface area (Å²) >= 11 is 0. The number of nitrogens with one attached hydrogen (secondary N) is 2. The Morgan fingerprint density at radius 3 is 2.31 bits per heavy atom. The lowest BCUT2D eigenvalue weighted by atomic mass is 10.2. The highest BCUT2D eigenvalue weighted by Crippen LogP contribution is 2.13. The monoisotopic (exact) mass is 177 g/mol. The van der Waals surface area contributed by atoms with Crippen molar-refractivity contribution in [1.82, 2.24) is 10.6 Å². The number of benzene rings is 1. The second kappa shape index (κ2) is 3.77. The van der Waals surface area contributed by atoms with Gasteiger partial charge in [-0.2, -0.15) is 0 Å². The summed E-state index contributed by atoms with van der Waals surface area (Å²) in [6.45, 7) is 4.87. The van der Waals surface area contributed by atoms with Gasteiger partial charge in [0.15, 0.2) is 0 Å². The highest BCUT2D eigenvalue weighted by molar-refractivity contribution is 5.47. The van der Waals surface area contributed by atoms with Crippen molar-refractivity contribution >= 4 is 5.69 Å². The lowest BCUT2D eigenvalue weighted by Gasteiger charge is -2.30. The molecule has 2 N–H and O–H groups in total. The molecule has 3 nitrogen and oxygen atoms in total. The predicted molar refractivity (Wildman–Crippen MR) is 54.5 cm³/mol. The molecule has 0 saturated carbocycles. The Bertz CT molecular complexity index is 262. The first-order chi connectivity index (χ1) is 6.36. The Hall–Kier alpha value is -1.06. The third kappa shape index (κ3) is 1.99. The van der Waals surface area contributed by atoms with E-state index < -0.39 is 0 Å². The number of aryl methyl sites for hydroxylation is 1. The van der Waals surface area contributed by atoms with Gasteiger partial charge in [-0.15, -0.1) is 0 Å². The zero-order valence-corrected chi connectivity index (χ0v) is 7.88. The fraction of sp³-hybridized carbons (Fsp3) is 0.400. The summed E-state index contributed by atoms with van der Waals surface area (Å²) in [7, 11) is 0. The summed E-state index contributed by atoms with van der Waals surface area (Å²) < 4.78 is 0. The minimum absolute atomic E-state index is 0.905. The maximum absolute atomic E-state index is 3.26. The van der Waals surface area contributed by atoms with Crippen LogP contribution in [0.4, 0.5) is 5.69 Å². The molecule has 1 fully saturated rings.